The van der Waals surface area contributed by atoms with Gasteiger partial charge in [0.1, 0.15) is 6.10 Å². The molecule has 0 amide bonds. The summed E-state index contributed by atoms with van der Waals surface area (Å²) in [5.74, 6) is -1.80. The molecule has 0 aromatic heterocycles. The SMILES string of the molecule is CC[C@@H]1C(=O)O[C@H](C)[C@H](C)/C=C/C=C/C=C/C=C/C=C/[C@@H](O)[C@H](C)[C@H](O)C[C@@H](O)C[C@@H](O)CCC[C@H](O)C[C@H]1O. The average Bonchev–Trinajstić information content (AvgIpc) is 2.88. The molecular weight excluding hydrogens is 512 g/mol. The van der Waals surface area contributed by atoms with E-state index in [1.54, 1.807) is 38.2 Å². The molecule has 8 heteroatoms. The Morgan fingerprint density at radius 2 is 1.20 bits per heavy atom. The predicted octanol–water partition coefficient (Wildman–Crippen LogP) is 3.52. The summed E-state index contributed by atoms with van der Waals surface area (Å²) in [6.07, 6.45) is 13.7. The van der Waals surface area contributed by atoms with Crippen molar-refractivity contribution in [2.45, 2.75) is 115 Å². The Morgan fingerprint density at radius 3 is 1.77 bits per heavy atom. The number of ether oxygens (including phenoxy) is 1. The molecule has 0 aromatic rings. The summed E-state index contributed by atoms with van der Waals surface area (Å²) in [7, 11) is 0. The number of hydrogen-bond donors (Lipinski definition) is 6. The molecule has 0 saturated heterocycles. The van der Waals surface area contributed by atoms with Crippen LogP contribution in [0.4, 0.5) is 0 Å². The maximum atomic E-state index is 12.7. The molecule has 1 rings (SSSR count). The molecule has 8 nitrogen and oxygen atoms in total. The number of aliphatic hydroxyl groups excluding tert-OH is 6. The highest BCUT2D eigenvalue weighted by atomic mass is 16.5. The molecule has 40 heavy (non-hydrogen) atoms. The maximum Gasteiger partial charge on any atom is 0.311 e. The molecule has 1 aliphatic rings. The molecule has 0 unspecified atom stereocenters. The number of cyclic esters (lactones) is 1. The Balaban J connectivity index is 2.94. The summed E-state index contributed by atoms with van der Waals surface area (Å²) in [6.45, 7) is 7.24. The smallest absolute Gasteiger partial charge is 0.311 e. The minimum atomic E-state index is -1.05. The van der Waals surface area contributed by atoms with E-state index in [0.29, 0.717) is 25.7 Å². The molecule has 0 aromatic carbocycles. The number of carbonyl (C=O) groups excluding carboxylic acids is 1. The van der Waals surface area contributed by atoms with Gasteiger partial charge in [0.05, 0.1) is 42.5 Å². The highest BCUT2D eigenvalue weighted by Gasteiger charge is 2.30. The standard InChI is InChI=1S/C32H52O8/c1-5-28-31(38)20-26(34)17-14-16-25(33)19-27(35)21-30(37)23(3)29(36)18-13-11-9-7-6-8-10-12-15-22(2)24(4)40-32(28)39/h6-13,15,18,22-31,33-38H,5,14,16-17,19-21H2,1-4H3/b7-6+,10-8+,11-9+,15-12+,18-13+/t22-,23+,24-,25+,26+,27+,28+,29-,30-,31-/m1/s1. The summed E-state index contributed by atoms with van der Waals surface area (Å²) >= 11 is 0. The van der Waals surface area contributed by atoms with E-state index in [1.165, 1.54) is 0 Å². The number of esters is 1. The zero-order valence-electron chi connectivity index (χ0n) is 24.5. The Labute approximate surface area is 240 Å². The van der Waals surface area contributed by atoms with E-state index >= 15 is 0 Å². The van der Waals surface area contributed by atoms with Gasteiger partial charge < -0.3 is 35.4 Å². The molecular formula is C32H52O8. The van der Waals surface area contributed by atoms with E-state index in [4.69, 9.17) is 4.74 Å². The third-order valence-electron chi connectivity index (χ3n) is 7.54. The summed E-state index contributed by atoms with van der Waals surface area (Å²) in [5, 5.41) is 62.5. The lowest BCUT2D eigenvalue weighted by molar-refractivity contribution is -0.159. The fraction of sp³-hybridized carbons (Fsp3) is 0.656. The maximum absolute atomic E-state index is 12.7. The quantitative estimate of drug-likeness (QED) is 0.265. The minimum absolute atomic E-state index is 0.0171. The van der Waals surface area contributed by atoms with Crippen molar-refractivity contribution in [3.8, 4) is 0 Å². The molecule has 0 spiro atoms. The van der Waals surface area contributed by atoms with Gasteiger partial charge in [0.25, 0.3) is 0 Å². The van der Waals surface area contributed by atoms with Crippen molar-refractivity contribution in [3.63, 3.8) is 0 Å². The van der Waals surface area contributed by atoms with Crippen LogP contribution < -0.4 is 0 Å². The van der Waals surface area contributed by atoms with Gasteiger partial charge in [-0.2, -0.15) is 0 Å². The normalized spacial score (nSPS) is 41.0. The van der Waals surface area contributed by atoms with Crippen LogP contribution in [0.5, 0.6) is 0 Å². The van der Waals surface area contributed by atoms with Crippen molar-refractivity contribution in [3.05, 3.63) is 60.8 Å². The van der Waals surface area contributed by atoms with Crippen LogP contribution in [0.15, 0.2) is 60.8 Å². The molecule has 0 radical (unpaired) electrons. The van der Waals surface area contributed by atoms with Crippen LogP contribution in [0.2, 0.25) is 0 Å². The number of allylic oxidation sites excluding steroid dienone is 8. The number of carbonyl (C=O) groups is 1. The lowest BCUT2D eigenvalue weighted by Crippen LogP contribution is -2.35. The molecule has 0 bridgehead atoms. The van der Waals surface area contributed by atoms with Crippen molar-refractivity contribution in [1.82, 2.24) is 0 Å². The zero-order valence-corrected chi connectivity index (χ0v) is 24.5. The van der Waals surface area contributed by atoms with Gasteiger partial charge in [0, 0.05) is 18.3 Å². The van der Waals surface area contributed by atoms with Gasteiger partial charge in [-0.1, -0.05) is 81.5 Å². The van der Waals surface area contributed by atoms with E-state index in [-0.39, 0.29) is 25.2 Å². The minimum Gasteiger partial charge on any atom is -0.462 e. The van der Waals surface area contributed by atoms with Crippen LogP contribution in [-0.4, -0.2) is 79.3 Å². The molecule has 1 heterocycles. The third-order valence-corrected chi connectivity index (χ3v) is 7.54. The number of rotatable bonds is 1. The first-order valence-corrected chi connectivity index (χ1v) is 14.6. The molecule has 228 valence electrons. The van der Waals surface area contributed by atoms with Crippen molar-refractivity contribution in [2.24, 2.45) is 17.8 Å². The van der Waals surface area contributed by atoms with E-state index in [9.17, 15) is 35.4 Å². The first-order chi connectivity index (χ1) is 19.0. The van der Waals surface area contributed by atoms with Crippen molar-refractivity contribution in [1.29, 1.82) is 0 Å². The van der Waals surface area contributed by atoms with Crippen LogP contribution in [0.1, 0.15) is 72.6 Å². The number of hydrogen-bond acceptors (Lipinski definition) is 8. The molecule has 0 saturated carbocycles. The topological polar surface area (TPSA) is 148 Å². The van der Waals surface area contributed by atoms with Gasteiger partial charge >= 0.3 is 5.97 Å². The fourth-order valence-corrected chi connectivity index (χ4v) is 4.51. The lowest BCUT2D eigenvalue weighted by atomic mass is 9.91. The summed E-state index contributed by atoms with van der Waals surface area (Å²) < 4.78 is 5.62. The molecule has 1 aliphatic heterocycles. The second kappa shape index (κ2) is 19.9. The lowest BCUT2D eigenvalue weighted by Gasteiger charge is -2.26. The van der Waals surface area contributed by atoms with Crippen LogP contribution in [0.3, 0.4) is 0 Å². The van der Waals surface area contributed by atoms with Crippen molar-refractivity contribution < 1.29 is 40.2 Å². The third kappa shape index (κ3) is 14.5. The van der Waals surface area contributed by atoms with Crippen LogP contribution in [0.25, 0.3) is 0 Å². The van der Waals surface area contributed by atoms with Crippen LogP contribution >= 0.6 is 0 Å². The Bertz CT molecular complexity index is 848. The molecule has 10 atom stereocenters. The predicted molar refractivity (Wildman–Crippen MR) is 157 cm³/mol. The fourth-order valence-electron chi connectivity index (χ4n) is 4.51. The van der Waals surface area contributed by atoms with Gasteiger partial charge in [-0.25, -0.2) is 0 Å². The Morgan fingerprint density at radius 1 is 0.700 bits per heavy atom. The first kappa shape index (κ1) is 36.0. The summed E-state index contributed by atoms with van der Waals surface area (Å²) in [6, 6.07) is 0. The Hall–Kier alpha value is -2.07. The van der Waals surface area contributed by atoms with Gasteiger partial charge in [-0.15, -0.1) is 0 Å². The molecule has 6 N–H and O–H groups in total. The number of aliphatic hydroxyl groups is 6. The summed E-state index contributed by atoms with van der Waals surface area (Å²) in [5.41, 5.74) is 0. The van der Waals surface area contributed by atoms with Crippen LogP contribution in [0, 0.1) is 17.8 Å². The van der Waals surface area contributed by atoms with E-state index in [0.717, 1.165) is 0 Å². The van der Waals surface area contributed by atoms with Gasteiger partial charge in [-0.05, 0) is 45.4 Å². The highest BCUT2D eigenvalue weighted by molar-refractivity contribution is 5.73. The van der Waals surface area contributed by atoms with E-state index in [1.807, 2.05) is 50.3 Å². The average molecular weight is 565 g/mol. The Kier molecular flexibility index (Phi) is 17.9. The van der Waals surface area contributed by atoms with Crippen molar-refractivity contribution in [2.75, 3.05) is 0 Å². The molecule has 0 aliphatic carbocycles. The summed E-state index contributed by atoms with van der Waals surface area (Å²) in [4.78, 5) is 12.7. The first-order valence-electron chi connectivity index (χ1n) is 14.6. The molecule has 0 fully saturated rings. The van der Waals surface area contributed by atoms with Crippen molar-refractivity contribution >= 4 is 5.97 Å². The van der Waals surface area contributed by atoms with E-state index < -0.39 is 60.5 Å². The van der Waals surface area contributed by atoms with Gasteiger partial charge in [0.15, 0.2) is 0 Å². The monoisotopic (exact) mass is 564 g/mol. The highest BCUT2D eigenvalue weighted by Crippen LogP contribution is 2.22. The van der Waals surface area contributed by atoms with Crippen LogP contribution in [-0.2, 0) is 9.53 Å². The second-order valence-corrected chi connectivity index (χ2v) is 11.0. The second-order valence-electron chi connectivity index (χ2n) is 11.0. The van der Waals surface area contributed by atoms with Gasteiger partial charge in [-0.3, -0.25) is 4.79 Å². The van der Waals surface area contributed by atoms with Gasteiger partial charge in [0.2, 0.25) is 0 Å². The largest absolute Gasteiger partial charge is 0.462 e. The zero-order chi connectivity index (χ0) is 30.1. The van der Waals surface area contributed by atoms with E-state index in [2.05, 4.69) is 0 Å².